The highest BCUT2D eigenvalue weighted by molar-refractivity contribution is 7.99. The molecule has 5 nitrogen and oxygen atoms in total. The van der Waals surface area contributed by atoms with Gasteiger partial charge in [-0.25, -0.2) is 9.78 Å². The minimum Gasteiger partial charge on any atom is -0.465 e. The minimum absolute atomic E-state index is 0.142. The number of ether oxygens (including phenoxy) is 1. The summed E-state index contributed by atoms with van der Waals surface area (Å²) in [5.41, 5.74) is 1.53. The second kappa shape index (κ2) is 8.19. The first-order valence-electron chi connectivity index (χ1n) is 8.49. The summed E-state index contributed by atoms with van der Waals surface area (Å²) < 4.78 is 6.40. The molecule has 0 fully saturated rings. The average Bonchev–Trinajstić information content (AvgIpc) is 2.68. The van der Waals surface area contributed by atoms with Crippen molar-refractivity contribution < 1.29 is 9.53 Å². The highest BCUT2D eigenvalue weighted by atomic mass is 32.2. The first-order valence-corrected chi connectivity index (χ1v) is 9.47. The molecule has 0 aliphatic carbocycles. The monoisotopic (exact) mass is 368 g/mol. The molecule has 3 aromatic rings. The van der Waals surface area contributed by atoms with Crippen molar-refractivity contribution in [2.75, 3.05) is 12.9 Å². The van der Waals surface area contributed by atoms with E-state index in [0.29, 0.717) is 21.6 Å². The largest absolute Gasteiger partial charge is 0.465 e. The van der Waals surface area contributed by atoms with Crippen LogP contribution in [0.1, 0.15) is 30.1 Å². The lowest BCUT2D eigenvalue weighted by atomic mass is 10.1. The number of fused-ring (bicyclic) bond motifs is 1. The van der Waals surface area contributed by atoms with E-state index in [2.05, 4.69) is 11.9 Å². The molecule has 6 heteroatoms. The maximum Gasteiger partial charge on any atom is 0.337 e. The molecular weight excluding hydrogens is 348 g/mol. The van der Waals surface area contributed by atoms with Crippen LogP contribution in [-0.4, -0.2) is 28.4 Å². The molecule has 2 aromatic carbocycles. The van der Waals surface area contributed by atoms with Crippen LogP contribution in [0.5, 0.6) is 0 Å². The van der Waals surface area contributed by atoms with Crippen molar-refractivity contribution in [3.05, 3.63) is 64.4 Å². The van der Waals surface area contributed by atoms with Gasteiger partial charge in [0.25, 0.3) is 5.56 Å². The number of hydrogen-bond donors (Lipinski definition) is 0. The molecule has 0 aliphatic heterocycles. The van der Waals surface area contributed by atoms with E-state index >= 15 is 0 Å². The van der Waals surface area contributed by atoms with Gasteiger partial charge in [0, 0.05) is 5.75 Å². The van der Waals surface area contributed by atoms with Crippen LogP contribution < -0.4 is 5.56 Å². The molecule has 0 saturated heterocycles. The maximum atomic E-state index is 13.1. The fourth-order valence-electron chi connectivity index (χ4n) is 2.62. The summed E-state index contributed by atoms with van der Waals surface area (Å²) in [6.45, 7) is 2.13. The zero-order chi connectivity index (χ0) is 18.5. The topological polar surface area (TPSA) is 61.2 Å². The fourth-order valence-corrected chi connectivity index (χ4v) is 3.72. The number of esters is 1. The van der Waals surface area contributed by atoms with Gasteiger partial charge in [0.15, 0.2) is 5.16 Å². The number of para-hydroxylation sites is 1. The van der Waals surface area contributed by atoms with Crippen molar-refractivity contribution in [3.8, 4) is 5.69 Å². The number of carbonyl (C=O) groups is 1. The Hall–Kier alpha value is -2.60. The summed E-state index contributed by atoms with van der Waals surface area (Å²) in [5, 5.41) is 1.10. The number of carbonyl (C=O) groups excluding carboxylic acids is 1. The Morgan fingerprint density at radius 3 is 2.65 bits per heavy atom. The van der Waals surface area contributed by atoms with Gasteiger partial charge in [-0.1, -0.05) is 43.3 Å². The summed E-state index contributed by atoms with van der Waals surface area (Å²) in [6, 6.07) is 14.3. The Labute approximate surface area is 156 Å². The second-order valence-electron chi connectivity index (χ2n) is 5.80. The first-order chi connectivity index (χ1) is 12.7. The first kappa shape index (κ1) is 18.2. The predicted octanol–water partition coefficient (Wildman–Crippen LogP) is 4.06. The van der Waals surface area contributed by atoms with Crippen LogP contribution in [0.25, 0.3) is 16.6 Å². The van der Waals surface area contributed by atoms with E-state index in [4.69, 9.17) is 4.74 Å². The quantitative estimate of drug-likeness (QED) is 0.284. The Kier molecular flexibility index (Phi) is 5.73. The van der Waals surface area contributed by atoms with Crippen molar-refractivity contribution in [3.63, 3.8) is 0 Å². The van der Waals surface area contributed by atoms with E-state index in [0.717, 1.165) is 24.3 Å². The molecule has 0 aliphatic rings. The number of benzene rings is 2. The van der Waals surface area contributed by atoms with Crippen LogP contribution in [-0.2, 0) is 4.74 Å². The number of thioether (sulfide) groups is 1. The van der Waals surface area contributed by atoms with E-state index in [1.165, 1.54) is 7.11 Å². The maximum absolute atomic E-state index is 13.1. The molecule has 26 heavy (non-hydrogen) atoms. The molecular formula is C20H20N2O3S. The van der Waals surface area contributed by atoms with E-state index in [1.54, 1.807) is 34.5 Å². The average molecular weight is 368 g/mol. The minimum atomic E-state index is -0.443. The summed E-state index contributed by atoms with van der Waals surface area (Å²) in [6.07, 6.45) is 2.11. The number of nitrogens with zero attached hydrogens (tertiary/aromatic N) is 2. The molecule has 0 spiro atoms. The molecule has 3 rings (SSSR count). The van der Waals surface area contributed by atoms with Gasteiger partial charge in [0.1, 0.15) is 0 Å². The molecule has 1 aromatic heterocycles. The number of aromatic nitrogens is 2. The van der Waals surface area contributed by atoms with Crippen LogP contribution in [0.3, 0.4) is 0 Å². The van der Waals surface area contributed by atoms with Crippen molar-refractivity contribution in [1.29, 1.82) is 0 Å². The van der Waals surface area contributed by atoms with Gasteiger partial charge in [-0.15, -0.1) is 0 Å². The zero-order valence-corrected chi connectivity index (χ0v) is 15.6. The van der Waals surface area contributed by atoms with E-state index in [9.17, 15) is 9.59 Å². The van der Waals surface area contributed by atoms with Crippen molar-refractivity contribution in [2.24, 2.45) is 0 Å². The van der Waals surface area contributed by atoms with Gasteiger partial charge in [0.05, 0.1) is 29.3 Å². The van der Waals surface area contributed by atoms with Gasteiger partial charge in [0.2, 0.25) is 0 Å². The Bertz CT molecular complexity index is 984. The molecule has 0 bridgehead atoms. The van der Waals surface area contributed by atoms with Crippen molar-refractivity contribution in [2.45, 2.75) is 24.9 Å². The van der Waals surface area contributed by atoms with E-state index in [-0.39, 0.29) is 5.56 Å². The van der Waals surface area contributed by atoms with Gasteiger partial charge in [-0.2, -0.15) is 0 Å². The molecule has 0 radical (unpaired) electrons. The molecule has 134 valence electrons. The van der Waals surface area contributed by atoms with Gasteiger partial charge in [-0.3, -0.25) is 9.36 Å². The molecule has 1 heterocycles. The fraction of sp³-hybridized carbons (Fsp3) is 0.250. The number of hydrogen-bond acceptors (Lipinski definition) is 5. The normalized spacial score (nSPS) is 10.8. The van der Waals surface area contributed by atoms with Crippen molar-refractivity contribution in [1.82, 2.24) is 9.55 Å². The number of rotatable bonds is 6. The zero-order valence-electron chi connectivity index (χ0n) is 14.8. The van der Waals surface area contributed by atoms with Crippen LogP contribution in [0.2, 0.25) is 0 Å². The standard InChI is InChI=1S/C20H20N2O3S/c1-3-4-12-26-20-21-17-13-14(19(24)25-2)10-11-16(17)18(23)22(20)15-8-6-5-7-9-15/h5-11,13H,3-4,12H2,1-2H3. The van der Waals surface area contributed by atoms with E-state index in [1.807, 2.05) is 30.3 Å². The Morgan fingerprint density at radius 1 is 1.19 bits per heavy atom. The summed E-state index contributed by atoms with van der Waals surface area (Å²) in [5.74, 6) is 0.430. The SMILES string of the molecule is CCCCSc1nc2cc(C(=O)OC)ccc2c(=O)n1-c1ccccc1. The predicted molar refractivity (Wildman–Crippen MR) is 104 cm³/mol. The van der Waals surface area contributed by atoms with E-state index < -0.39 is 5.97 Å². The second-order valence-corrected chi connectivity index (χ2v) is 6.86. The smallest absolute Gasteiger partial charge is 0.337 e. The number of unbranched alkanes of at least 4 members (excludes halogenated alkanes) is 1. The summed E-state index contributed by atoms with van der Waals surface area (Å²) >= 11 is 1.55. The van der Waals surface area contributed by atoms with Crippen molar-refractivity contribution >= 4 is 28.6 Å². The third-order valence-electron chi connectivity index (χ3n) is 4.00. The lowest BCUT2D eigenvalue weighted by Crippen LogP contribution is -2.22. The lowest BCUT2D eigenvalue weighted by Gasteiger charge is -2.13. The molecule has 0 N–H and O–H groups in total. The van der Waals surface area contributed by atoms with Gasteiger partial charge >= 0.3 is 5.97 Å². The third kappa shape index (κ3) is 3.65. The van der Waals surface area contributed by atoms with Gasteiger partial charge < -0.3 is 4.74 Å². The summed E-state index contributed by atoms with van der Waals surface area (Å²) in [4.78, 5) is 29.6. The third-order valence-corrected chi connectivity index (χ3v) is 5.03. The molecule has 0 atom stereocenters. The van der Waals surface area contributed by atoms with Crippen LogP contribution in [0, 0.1) is 0 Å². The highest BCUT2D eigenvalue weighted by Crippen LogP contribution is 2.23. The lowest BCUT2D eigenvalue weighted by molar-refractivity contribution is 0.0601. The molecule has 0 saturated carbocycles. The Balaban J connectivity index is 2.20. The number of methoxy groups -OCH3 is 1. The Morgan fingerprint density at radius 2 is 1.96 bits per heavy atom. The highest BCUT2D eigenvalue weighted by Gasteiger charge is 2.15. The van der Waals surface area contributed by atoms with Crippen LogP contribution in [0.4, 0.5) is 0 Å². The molecule has 0 unspecified atom stereocenters. The van der Waals surface area contributed by atoms with Crippen LogP contribution >= 0.6 is 11.8 Å². The molecule has 0 amide bonds. The summed E-state index contributed by atoms with van der Waals surface area (Å²) in [7, 11) is 1.33. The van der Waals surface area contributed by atoms with Crippen LogP contribution in [0.15, 0.2) is 58.5 Å². The van der Waals surface area contributed by atoms with Gasteiger partial charge in [-0.05, 0) is 36.8 Å².